The summed E-state index contributed by atoms with van der Waals surface area (Å²) in [6.45, 7) is 11.1. The minimum Gasteiger partial charge on any atom is -0.331 e. The summed E-state index contributed by atoms with van der Waals surface area (Å²) < 4.78 is 2.85. The van der Waals surface area contributed by atoms with E-state index in [2.05, 4.69) is 50.2 Å². The fraction of sp³-hybridized carbons (Fsp3) is 0.500. The van der Waals surface area contributed by atoms with E-state index in [1.807, 2.05) is 18.2 Å². The topological polar surface area (TPSA) is 44.5 Å². The molecule has 0 atom stereocenters. The van der Waals surface area contributed by atoms with E-state index in [4.69, 9.17) is 17.5 Å². The van der Waals surface area contributed by atoms with E-state index < -0.39 is 0 Å². The molecule has 0 aliphatic rings. The molecule has 106 valence electrons. The molecule has 0 radical (unpaired) electrons. The van der Waals surface area contributed by atoms with E-state index in [1.165, 1.54) is 0 Å². The maximum atomic E-state index is 9.09. The molecular formula is C16H21N3S. The molecule has 1 aromatic heterocycles. The van der Waals surface area contributed by atoms with Crippen molar-refractivity contribution in [1.82, 2.24) is 9.55 Å². The highest BCUT2D eigenvalue weighted by molar-refractivity contribution is 7.71. The van der Waals surface area contributed by atoms with Crippen LogP contribution < -0.4 is 0 Å². The van der Waals surface area contributed by atoms with Gasteiger partial charge in [0.1, 0.15) is 0 Å². The van der Waals surface area contributed by atoms with Gasteiger partial charge in [-0.2, -0.15) is 5.26 Å². The lowest BCUT2D eigenvalue weighted by molar-refractivity contribution is 0.217. The molecule has 4 heteroatoms. The van der Waals surface area contributed by atoms with Gasteiger partial charge in [0.05, 0.1) is 22.7 Å². The van der Waals surface area contributed by atoms with Gasteiger partial charge in [-0.3, -0.25) is 0 Å². The van der Waals surface area contributed by atoms with Crippen LogP contribution in [0.4, 0.5) is 0 Å². The number of nitrogens with one attached hydrogen (secondary N) is 1. The molecule has 0 aliphatic heterocycles. The Balaban J connectivity index is 2.67. The molecule has 1 heterocycles. The van der Waals surface area contributed by atoms with Crippen LogP contribution in [0, 0.1) is 21.5 Å². The molecule has 1 aromatic carbocycles. The normalized spacial score (nSPS) is 12.6. The molecular weight excluding hydrogens is 266 g/mol. The zero-order chi connectivity index (χ0) is 15.1. The van der Waals surface area contributed by atoms with Crippen LogP contribution in [0.5, 0.6) is 0 Å². The maximum Gasteiger partial charge on any atom is 0.178 e. The van der Waals surface area contributed by atoms with E-state index in [9.17, 15) is 0 Å². The summed E-state index contributed by atoms with van der Waals surface area (Å²) in [7, 11) is 0. The first-order valence-electron chi connectivity index (χ1n) is 6.79. The maximum absolute atomic E-state index is 9.09. The van der Waals surface area contributed by atoms with Gasteiger partial charge in [-0.15, -0.1) is 0 Å². The molecule has 20 heavy (non-hydrogen) atoms. The smallest absolute Gasteiger partial charge is 0.178 e. The lowest BCUT2D eigenvalue weighted by atomic mass is 9.81. The minimum absolute atomic E-state index is 0.109. The summed E-state index contributed by atoms with van der Waals surface area (Å²) in [4.78, 5) is 3.24. The number of benzene rings is 1. The van der Waals surface area contributed by atoms with Gasteiger partial charge in [0.15, 0.2) is 4.77 Å². The van der Waals surface area contributed by atoms with Crippen molar-refractivity contribution in [3.8, 4) is 6.07 Å². The third-order valence-corrected chi connectivity index (χ3v) is 3.67. The molecule has 0 fully saturated rings. The summed E-state index contributed by atoms with van der Waals surface area (Å²) in [6.07, 6.45) is 0.998. The minimum atomic E-state index is -0.109. The summed E-state index contributed by atoms with van der Waals surface area (Å²) in [6, 6.07) is 7.84. The van der Waals surface area contributed by atoms with Gasteiger partial charge < -0.3 is 9.55 Å². The molecule has 0 amide bonds. The summed E-state index contributed by atoms with van der Waals surface area (Å²) in [5.41, 5.74) is 2.74. The molecule has 0 aliphatic carbocycles. The van der Waals surface area contributed by atoms with Crippen LogP contribution in [0.25, 0.3) is 11.0 Å². The van der Waals surface area contributed by atoms with Crippen molar-refractivity contribution in [2.45, 2.75) is 46.6 Å². The van der Waals surface area contributed by atoms with Gasteiger partial charge in [-0.05, 0) is 56.1 Å². The predicted octanol–water partition coefficient (Wildman–Crippen LogP) is 4.74. The van der Waals surface area contributed by atoms with E-state index in [0.717, 1.165) is 17.5 Å². The fourth-order valence-corrected chi connectivity index (χ4v) is 3.61. The van der Waals surface area contributed by atoms with Crippen LogP contribution in [0.15, 0.2) is 18.2 Å². The van der Waals surface area contributed by atoms with Crippen LogP contribution in [0.2, 0.25) is 0 Å². The number of aromatic nitrogens is 2. The molecule has 0 unspecified atom stereocenters. The lowest BCUT2D eigenvalue weighted by Crippen LogP contribution is -2.31. The third-order valence-electron chi connectivity index (χ3n) is 3.38. The highest BCUT2D eigenvalue weighted by atomic mass is 32.1. The largest absolute Gasteiger partial charge is 0.331 e. The van der Waals surface area contributed by atoms with E-state index in [-0.39, 0.29) is 11.0 Å². The van der Waals surface area contributed by atoms with Gasteiger partial charge in [-0.25, -0.2) is 0 Å². The number of nitriles is 1. The molecule has 0 bridgehead atoms. The molecule has 0 saturated heterocycles. The fourth-order valence-electron chi connectivity index (χ4n) is 3.15. The van der Waals surface area contributed by atoms with Crippen molar-refractivity contribution in [1.29, 1.82) is 5.26 Å². The number of rotatable bonds is 2. The first-order valence-corrected chi connectivity index (χ1v) is 7.20. The van der Waals surface area contributed by atoms with Crippen LogP contribution in [0.1, 0.15) is 46.6 Å². The number of H-pyrrole nitrogens is 1. The second-order valence-electron chi connectivity index (χ2n) is 7.16. The van der Waals surface area contributed by atoms with Crippen molar-refractivity contribution in [3.63, 3.8) is 0 Å². The molecule has 1 N–H and O–H groups in total. The van der Waals surface area contributed by atoms with Crippen LogP contribution in [-0.4, -0.2) is 9.55 Å². The van der Waals surface area contributed by atoms with E-state index in [1.54, 1.807) is 0 Å². The van der Waals surface area contributed by atoms with Gasteiger partial charge in [-0.1, -0.05) is 20.8 Å². The first-order chi connectivity index (χ1) is 9.14. The van der Waals surface area contributed by atoms with Crippen molar-refractivity contribution < 1.29 is 0 Å². The average Bonchev–Trinajstić information content (AvgIpc) is 2.60. The van der Waals surface area contributed by atoms with E-state index in [0.29, 0.717) is 10.3 Å². The Hall–Kier alpha value is -1.60. The van der Waals surface area contributed by atoms with E-state index >= 15 is 0 Å². The highest BCUT2D eigenvalue weighted by Crippen LogP contribution is 2.34. The summed E-state index contributed by atoms with van der Waals surface area (Å²) in [5.74, 6) is 0. The third kappa shape index (κ3) is 2.78. The van der Waals surface area contributed by atoms with Crippen molar-refractivity contribution in [2.24, 2.45) is 5.41 Å². The first kappa shape index (κ1) is 14.8. The summed E-state index contributed by atoms with van der Waals surface area (Å²) >= 11 is 5.49. The van der Waals surface area contributed by atoms with Crippen LogP contribution in [-0.2, 0) is 5.54 Å². The lowest BCUT2D eigenvalue weighted by Gasteiger charge is -2.34. The Morgan fingerprint density at radius 3 is 2.45 bits per heavy atom. The standard InChI is InChI=1S/C16H21N3S/c1-15(2,3)10-16(4,5)19-13-8-11(9-17)6-7-12(13)18-14(19)20/h6-8H,10H2,1-5H3,(H,18,20). The summed E-state index contributed by atoms with van der Waals surface area (Å²) in [5, 5.41) is 9.09. The van der Waals surface area contributed by atoms with Crippen molar-refractivity contribution in [2.75, 3.05) is 0 Å². The highest BCUT2D eigenvalue weighted by Gasteiger charge is 2.29. The number of hydrogen-bond donors (Lipinski definition) is 1. The van der Waals surface area contributed by atoms with Gasteiger partial charge in [0, 0.05) is 5.54 Å². The quantitative estimate of drug-likeness (QED) is 0.811. The number of fused-ring (bicyclic) bond motifs is 1. The Morgan fingerprint density at radius 1 is 1.25 bits per heavy atom. The van der Waals surface area contributed by atoms with Crippen molar-refractivity contribution in [3.05, 3.63) is 28.5 Å². The monoisotopic (exact) mass is 287 g/mol. The molecule has 0 saturated carbocycles. The van der Waals surface area contributed by atoms with Gasteiger partial charge in [0.2, 0.25) is 0 Å². The second-order valence-corrected chi connectivity index (χ2v) is 7.55. The second kappa shape index (κ2) is 4.75. The zero-order valence-corrected chi connectivity index (χ0v) is 13.6. The molecule has 3 nitrogen and oxygen atoms in total. The van der Waals surface area contributed by atoms with Gasteiger partial charge in [0.25, 0.3) is 0 Å². The number of nitrogens with zero attached hydrogens (tertiary/aromatic N) is 2. The Morgan fingerprint density at radius 2 is 1.90 bits per heavy atom. The molecule has 0 spiro atoms. The molecule has 2 aromatic rings. The van der Waals surface area contributed by atoms with Crippen LogP contribution in [0.3, 0.4) is 0 Å². The number of imidazole rings is 1. The number of aromatic amines is 1. The molecule has 2 rings (SSSR count). The SMILES string of the molecule is CC(C)(C)CC(C)(C)n1c(=S)[nH]c2ccc(C#N)cc21. The van der Waals surface area contributed by atoms with Crippen LogP contribution >= 0.6 is 12.2 Å². The Kier molecular flexibility index (Phi) is 3.51. The van der Waals surface area contributed by atoms with Gasteiger partial charge >= 0.3 is 0 Å². The van der Waals surface area contributed by atoms with Crippen molar-refractivity contribution >= 4 is 23.3 Å². The average molecular weight is 287 g/mol. The Labute approximate surface area is 125 Å². The zero-order valence-electron chi connectivity index (χ0n) is 12.7. The predicted molar refractivity (Wildman–Crippen MR) is 85.2 cm³/mol. The Bertz CT molecular complexity index is 736. The number of hydrogen-bond acceptors (Lipinski definition) is 2.